The lowest BCUT2D eigenvalue weighted by Gasteiger charge is -2.17. The smallest absolute Gasteiger partial charge is 0.416 e. The molecule has 0 saturated carbocycles. The quantitative estimate of drug-likeness (QED) is 0.790. The van der Waals surface area contributed by atoms with Gasteiger partial charge in [-0.1, -0.05) is 0 Å². The van der Waals surface area contributed by atoms with Crippen LogP contribution in [0.15, 0.2) is 48.5 Å². The van der Waals surface area contributed by atoms with Gasteiger partial charge in [0.05, 0.1) is 12.7 Å². The monoisotopic (exact) mass is 407 g/mol. The van der Waals surface area contributed by atoms with Gasteiger partial charge in [0.15, 0.2) is 0 Å². The van der Waals surface area contributed by atoms with Crippen molar-refractivity contribution in [2.24, 2.45) is 5.92 Å². The van der Waals surface area contributed by atoms with Crippen molar-refractivity contribution >= 4 is 23.3 Å². The van der Waals surface area contributed by atoms with Gasteiger partial charge in [0.1, 0.15) is 5.75 Å². The second kappa shape index (κ2) is 8.42. The lowest BCUT2D eigenvalue weighted by Crippen LogP contribution is -2.34. The van der Waals surface area contributed by atoms with Crippen molar-refractivity contribution in [2.45, 2.75) is 12.6 Å². The van der Waals surface area contributed by atoms with Crippen LogP contribution in [0.1, 0.15) is 12.0 Å². The second-order valence-corrected chi connectivity index (χ2v) is 6.68. The van der Waals surface area contributed by atoms with Crippen molar-refractivity contribution in [3.63, 3.8) is 0 Å². The van der Waals surface area contributed by atoms with E-state index < -0.39 is 17.8 Å². The molecular weight excluding hydrogens is 387 g/mol. The highest BCUT2D eigenvalue weighted by molar-refractivity contribution is 5.96. The fraction of sp³-hybridized carbons (Fsp3) is 0.300. The molecule has 1 fully saturated rings. The summed E-state index contributed by atoms with van der Waals surface area (Å²) < 4.78 is 42.8. The maximum atomic E-state index is 12.6. The Bertz CT molecular complexity index is 867. The first-order valence-electron chi connectivity index (χ1n) is 8.93. The number of hydrogen-bond acceptors (Lipinski definition) is 3. The third-order valence-electron chi connectivity index (χ3n) is 4.61. The predicted octanol–water partition coefficient (Wildman–Crippen LogP) is 3.89. The number of rotatable bonds is 5. The molecule has 0 radical (unpaired) electrons. The molecule has 6 nitrogen and oxygen atoms in total. The second-order valence-electron chi connectivity index (χ2n) is 6.68. The molecule has 0 bridgehead atoms. The van der Waals surface area contributed by atoms with E-state index in [0.717, 1.165) is 17.8 Å². The SMILES string of the molecule is COc1ccc(N2C[C@H](CNC(=O)Nc3ccc(C(F)(F)F)cc3)CC2=O)cc1. The van der Waals surface area contributed by atoms with E-state index in [1.54, 1.807) is 36.3 Å². The number of halogens is 3. The molecule has 1 saturated heterocycles. The summed E-state index contributed by atoms with van der Waals surface area (Å²) >= 11 is 0. The van der Waals surface area contributed by atoms with Crippen LogP contribution in [0.5, 0.6) is 5.75 Å². The number of benzene rings is 2. The molecule has 3 amide bonds. The van der Waals surface area contributed by atoms with Crippen molar-refractivity contribution in [3.05, 3.63) is 54.1 Å². The minimum Gasteiger partial charge on any atom is -0.497 e. The van der Waals surface area contributed by atoms with Gasteiger partial charge in [-0.3, -0.25) is 4.79 Å². The highest BCUT2D eigenvalue weighted by Crippen LogP contribution is 2.30. The van der Waals surface area contributed by atoms with Crippen LogP contribution in [-0.4, -0.2) is 32.1 Å². The molecule has 2 aromatic rings. The Balaban J connectivity index is 1.49. The van der Waals surface area contributed by atoms with Crippen molar-refractivity contribution in [3.8, 4) is 5.75 Å². The number of hydrogen-bond donors (Lipinski definition) is 2. The van der Waals surface area contributed by atoms with E-state index in [1.165, 1.54) is 12.1 Å². The van der Waals surface area contributed by atoms with Crippen LogP contribution < -0.4 is 20.3 Å². The Hall–Kier alpha value is -3.23. The summed E-state index contributed by atoms with van der Waals surface area (Å²) in [4.78, 5) is 25.9. The number of methoxy groups -OCH3 is 1. The van der Waals surface area contributed by atoms with Crippen LogP contribution in [-0.2, 0) is 11.0 Å². The maximum absolute atomic E-state index is 12.6. The molecule has 0 spiro atoms. The zero-order valence-corrected chi connectivity index (χ0v) is 15.6. The molecule has 1 aliphatic rings. The van der Waals surface area contributed by atoms with Crippen molar-refractivity contribution in [2.75, 3.05) is 30.4 Å². The first-order chi connectivity index (χ1) is 13.8. The summed E-state index contributed by atoms with van der Waals surface area (Å²) in [5, 5.41) is 5.14. The summed E-state index contributed by atoms with van der Waals surface area (Å²) in [6, 6.07) is 10.8. The van der Waals surface area contributed by atoms with E-state index in [0.29, 0.717) is 18.7 Å². The summed E-state index contributed by atoms with van der Waals surface area (Å²) in [5.74, 6) is 0.589. The van der Waals surface area contributed by atoms with Crippen molar-refractivity contribution < 1.29 is 27.5 Å². The number of anilines is 2. The van der Waals surface area contributed by atoms with Gasteiger partial charge < -0.3 is 20.3 Å². The number of nitrogens with zero attached hydrogens (tertiary/aromatic N) is 1. The van der Waals surface area contributed by atoms with Gasteiger partial charge in [0.2, 0.25) is 5.91 Å². The first-order valence-corrected chi connectivity index (χ1v) is 8.93. The van der Waals surface area contributed by atoms with E-state index in [9.17, 15) is 22.8 Å². The fourth-order valence-electron chi connectivity index (χ4n) is 3.08. The van der Waals surface area contributed by atoms with Crippen LogP contribution in [0.4, 0.5) is 29.3 Å². The van der Waals surface area contributed by atoms with Gasteiger partial charge in [-0.2, -0.15) is 13.2 Å². The lowest BCUT2D eigenvalue weighted by atomic mass is 10.1. The van der Waals surface area contributed by atoms with E-state index >= 15 is 0 Å². The summed E-state index contributed by atoms with van der Waals surface area (Å²) in [6.07, 6.45) is -4.13. The standard InChI is InChI=1S/C20H20F3N3O3/c1-29-17-8-6-16(7-9-17)26-12-13(10-18(26)27)11-24-19(28)25-15-4-2-14(3-5-15)20(21,22)23/h2-9,13H,10-12H2,1H3,(H2,24,25,28)/t13-/m0/s1. The van der Waals surface area contributed by atoms with E-state index in [4.69, 9.17) is 4.74 Å². The molecule has 1 heterocycles. The minimum atomic E-state index is -4.43. The molecule has 9 heteroatoms. The van der Waals surface area contributed by atoms with Gasteiger partial charge in [-0.05, 0) is 48.5 Å². The van der Waals surface area contributed by atoms with Gasteiger partial charge in [0, 0.05) is 36.8 Å². The topological polar surface area (TPSA) is 70.7 Å². The molecule has 1 aliphatic heterocycles. The van der Waals surface area contributed by atoms with Gasteiger partial charge in [-0.25, -0.2) is 4.79 Å². The summed E-state index contributed by atoms with van der Waals surface area (Å²) in [6.45, 7) is 0.733. The Morgan fingerprint density at radius 1 is 1.14 bits per heavy atom. The Morgan fingerprint density at radius 2 is 1.79 bits per heavy atom. The molecule has 0 aliphatic carbocycles. The molecule has 2 N–H and O–H groups in total. The average Bonchev–Trinajstić information content (AvgIpc) is 3.07. The lowest BCUT2D eigenvalue weighted by molar-refractivity contribution is -0.137. The molecule has 154 valence electrons. The molecule has 0 unspecified atom stereocenters. The number of carbonyl (C=O) groups excluding carboxylic acids is 2. The van der Waals surface area contributed by atoms with Crippen LogP contribution in [0.2, 0.25) is 0 Å². The van der Waals surface area contributed by atoms with Gasteiger partial charge in [0.25, 0.3) is 0 Å². The van der Waals surface area contributed by atoms with Crippen LogP contribution >= 0.6 is 0 Å². The number of ether oxygens (including phenoxy) is 1. The zero-order valence-electron chi connectivity index (χ0n) is 15.6. The molecular formula is C20H20F3N3O3. The average molecular weight is 407 g/mol. The molecule has 1 atom stereocenters. The van der Waals surface area contributed by atoms with Crippen molar-refractivity contribution in [1.29, 1.82) is 0 Å². The largest absolute Gasteiger partial charge is 0.497 e. The molecule has 3 rings (SSSR count). The van der Waals surface area contributed by atoms with Gasteiger partial charge in [-0.15, -0.1) is 0 Å². The van der Waals surface area contributed by atoms with Gasteiger partial charge >= 0.3 is 12.2 Å². The highest BCUT2D eigenvalue weighted by Gasteiger charge is 2.31. The first kappa shape index (κ1) is 20.5. The highest BCUT2D eigenvalue weighted by atomic mass is 19.4. The number of urea groups is 1. The molecule has 29 heavy (non-hydrogen) atoms. The predicted molar refractivity (Wildman–Crippen MR) is 102 cm³/mol. The van der Waals surface area contributed by atoms with Crippen LogP contribution in [0.3, 0.4) is 0 Å². The molecule has 2 aromatic carbocycles. The van der Waals surface area contributed by atoms with E-state index in [-0.39, 0.29) is 24.1 Å². The van der Waals surface area contributed by atoms with E-state index in [2.05, 4.69) is 10.6 Å². The van der Waals surface area contributed by atoms with Crippen molar-refractivity contribution in [1.82, 2.24) is 5.32 Å². The number of alkyl halides is 3. The van der Waals surface area contributed by atoms with Crippen LogP contribution in [0, 0.1) is 5.92 Å². The zero-order chi connectivity index (χ0) is 21.0. The minimum absolute atomic E-state index is 0.0369. The maximum Gasteiger partial charge on any atom is 0.416 e. The molecule has 0 aromatic heterocycles. The normalized spacial score (nSPS) is 16.6. The fourth-order valence-corrected chi connectivity index (χ4v) is 3.08. The summed E-state index contributed by atoms with van der Waals surface area (Å²) in [5.41, 5.74) is 0.219. The number of amides is 3. The Morgan fingerprint density at radius 3 is 2.38 bits per heavy atom. The third-order valence-corrected chi connectivity index (χ3v) is 4.61. The third kappa shape index (κ3) is 5.18. The number of nitrogens with one attached hydrogen (secondary N) is 2. The Labute approximate surface area is 165 Å². The summed E-state index contributed by atoms with van der Waals surface area (Å²) in [7, 11) is 1.56. The number of carbonyl (C=O) groups is 2. The Kier molecular flexibility index (Phi) is 5.95. The van der Waals surface area contributed by atoms with Crippen LogP contribution in [0.25, 0.3) is 0 Å². The van der Waals surface area contributed by atoms with E-state index in [1.807, 2.05) is 0 Å².